The zero-order valence-corrected chi connectivity index (χ0v) is 14.1. The van der Waals surface area contributed by atoms with E-state index in [2.05, 4.69) is 15.2 Å². The van der Waals surface area contributed by atoms with Crippen LogP contribution in [0.3, 0.4) is 0 Å². The van der Waals surface area contributed by atoms with Gasteiger partial charge in [0.2, 0.25) is 5.95 Å². The minimum Gasteiger partial charge on any atom is -0.394 e. The molecule has 2 atom stereocenters. The Balaban J connectivity index is 1.87. The largest absolute Gasteiger partial charge is 0.394 e. The fourth-order valence-electron chi connectivity index (χ4n) is 3.08. The van der Waals surface area contributed by atoms with Crippen molar-refractivity contribution in [1.29, 1.82) is 0 Å². The number of nitrogens with one attached hydrogen (secondary N) is 1. The number of aliphatic hydroxyl groups is 2. The van der Waals surface area contributed by atoms with Gasteiger partial charge in [-0.1, -0.05) is 6.92 Å². The molecule has 0 saturated carbocycles. The van der Waals surface area contributed by atoms with Crippen LogP contribution in [0.25, 0.3) is 11.0 Å². The quantitative estimate of drug-likeness (QED) is 0.748. The smallest absolute Gasteiger partial charge is 0.251 e. The highest BCUT2D eigenvalue weighted by atomic mass is 16.3. The number of fused-ring (bicyclic) bond motifs is 1. The zero-order valence-electron chi connectivity index (χ0n) is 14.1. The number of aliphatic hydroxyl groups excluding tert-OH is 2. The molecule has 1 aliphatic rings. The Morgan fingerprint density at radius 1 is 1.50 bits per heavy atom. The summed E-state index contributed by atoms with van der Waals surface area (Å²) in [4.78, 5) is 19.0. The fraction of sp³-hybridized carbons (Fsp3) is 0.529. The number of carbonyl (C=O) groups excluding carboxylic acids is 1. The zero-order chi connectivity index (χ0) is 17.3. The molecule has 0 radical (unpaired) electrons. The van der Waals surface area contributed by atoms with Gasteiger partial charge in [0, 0.05) is 25.7 Å². The third kappa shape index (κ3) is 3.09. The summed E-state index contributed by atoms with van der Waals surface area (Å²) in [6, 6.07) is 5.18. The van der Waals surface area contributed by atoms with Gasteiger partial charge in [-0.25, -0.2) is 4.98 Å². The second kappa shape index (κ2) is 6.78. The van der Waals surface area contributed by atoms with Gasteiger partial charge in [-0.3, -0.25) is 4.79 Å². The van der Waals surface area contributed by atoms with Crippen LogP contribution in [0.4, 0.5) is 5.95 Å². The van der Waals surface area contributed by atoms with Crippen molar-refractivity contribution in [3.8, 4) is 0 Å². The van der Waals surface area contributed by atoms with Crippen molar-refractivity contribution in [3.63, 3.8) is 0 Å². The van der Waals surface area contributed by atoms with Crippen LogP contribution in [0.5, 0.6) is 0 Å². The first-order valence-corrected chi connectivity index (χ1v) is 8.34. The van der Waals surface area contributed by atoms with Crippen molar-refractivity contribution in [2.45, 2.75) is 31.9 Å². The summed E-state index contributed by atoms with van der Waals surface area (Å²) in [6.07, 6.45) is 1.11. The lowest BCUT2D eigenvalue weighted by molar-refractivity contribution is 0.0915. The SMILES string of the molecule is CCC(CO)NC(=O)c1ccc2c(c1)nc(N1CCC(O)C1)n2C. The summed E-state index contributed by atoms with van der Waals surface area (Å²) in [5.41, 5.74) is 2.22. The lowest BCUT2D eigenvalue weighted by Crippen LogP contribution is -2.36. The molecular weight excluding hydrogens is 308 g/mol. The lowest BCUT2D eigenvalue weighted by Gasteiger charge is -2.16. The first-order valence-electron chi connectivity index (χ1n) is 8.34. The first-order chi connectivity index (χ1) is 11.5. The van der Waals surface area contributed by atoms with Gasteiger partial charge in [-0.15, -0.1) is 0 Å². The predicted octanol–water partition coefficient (Wildman–Crippen LogP) is 0.645. The van der Waals surface area contributed by atoms with Crippen LogP contribution >= 0.6 is 0 Å². The lowest BCUT2D eigenvalue weighted by atomic mass is 10.1. The molecule has 1 fully saturated rings. The summed E-state index contributed by atoms with van der Waals surface area (Å²) in [5.74, 6) is 0.600. The Kier molecular flexibility index (Phi) is 4.73. The molecule has 1 aromatic heterocycles. The van der Waals surface area contributed by atoms with E-state index in [0.717, 1.165) is 29.9 Å². The number of aromatic nitrogens is 2. The van der Waals surface area contributed by atoms with Gasteiger partial charge in [0.05, 0.1) is 29.8 Å². The topological polar surface area (TPSA) is 90.6 Å². The van der Waals surface area contributed by atoms with Gasteiger partial charge in [0.25, 0.3) is 5.91 Å². The highest BCUT2D eigenvalue weighted by Gasteiger charge is 2.24. The maximum atomic E-state index is 12.3. The molecular formula is C17H24N4O3. The number of nitrogens with zero attached hydrogens (tertiary/aromatic N) is 3. The maximum Gasteiger partial charge on any atom is 0.251 e. The summed E-state index contributed by atoms with van der Waals surface area (Å²) in [7, 11) is 1.94. The first kappa shape index (κ1) is 16.7. The number of β-amino-alcohol motifs (C(OH)–C–C–N with tert-alkyl or cyclic N) is 1. The molecule has 2 unspecified atom stereocenters. The molecule has 1 aliphatic heterocycles. The number of aryl methyl sites for hydroxylation is 1. The van der Waals surface area contributed by atoms with Crippen molar-refractivity contribution < 1.29 is 15.0 Å². The molecule has 1 saturated heterocycles. The molecule has 1 amide bonds. The summed E-state index contributed by atoms with van der Waals surface area (Å²) in [6.45, 7) is 3.20. The van der Waals surface area contributed by atoms with E-state index < -0.39 is 0 Å². The van der Waals surface area contributed by atoms with Gasteiger partial charge in [-0.05, 0) is 31.0 Å². The second-order valence-electron chi connectivity index (χ2n) is 6.32. The van der Waals surface area contributed by atoms with Gasteiger partial charge in [0.1, 0.15) is 0 Å². The Morgan fingerprint density at radius 3 is 2.92 bits per heavy atom. The minimum absolute atomic E-state index is 0.0739. The highest BCUT2D eigenvalue weighted by Crippen LogP contribution is 2.25. The van der Waals surface area contributed by atoms with Gasteiger partial charge in [0.15, 0.2) is 0 Å². The molecule has 24 heavy (non-hydrogen) atoms. The van der Waals surface area contributed by atoms with E-state index in [1.54, 1.807) is 12.1 Å². The molecule has 3 rings (SSSR count). The number of hydrogen-bond acceptors (Lipinski definition) is 5. The summed E-state index contributed by atoms with van der Waals surface area (Å²) < 4.78 is 1.98. The number of imidazole rings is 1. The van der Waals surface area contributed by atoms with Crippen LogP contribution in [0, 0.1) is 0 Å². The normalized spacial score (nSPS) is 19.0. The summed E-state index contributed by atoms with van der Waals surface area (Å²) in [5, 5.41) is 21.8. The van der Waals surface area contributed by atoms with E-state index in [0.29, 0.717) is 18.5 Å². The van der Waals surface area contributed by atoms with Crippen LogP contribution in [-0.4, -0.2) is 57.5 Å². The highest BCUT2D eigenvalue weighted by molar-refractivity contribution is 5.97. The van der Waals surface area contributed by atoms with E-state index in [1.165, 1.54) is 0 Å². The number of hydrogen-bond donors (Lipinski definition) is 3. The van der Waals surface area contributed by atoms with Crippen molar-refractivity contribution in [1.82, 2.24) is 14.9 Å². The maximum absolute atomic E-state index is 12.3. The van der Waals surface area contributed by atoms with Crippen LogP contribution in [0.1, 0.15) is 30.1 Å². The minimum atomic E-state index is -0.310. The predicted molar refractivity (Wildman–Crippen MR) is 92.2 cm³/mol. The van der Waals surface area contributed by atoms with Crippen LogP contribution in [0.2, 0.25) is 0 Å². The van der Waals surface area contributed by atoms with E-state index in [4.69, 9.17) is 0 Å². The van der Waals surface area contributed by atoms with E-state index >= 15 is 0 Å². The Labute approximate surface area is 140 Å². The third-order valence-electron chi connectivity index (χ3n) is 4.61. The van der Waals surface area contributed by atoms with Crippen LogP contribution in [0.15, 0.2) is 18.2 Å². The molecule has 0 bridgehead atoms. The number of carbonyl (C=O) groups is 1. The standard InChI is InChI=1S/C17H24N4O3/c1-3-12(10-22)18-16(24)11-4-5-15-14(8-11)19-17(20(15)2)21-7-6-13(23)9-21/h4-5,8,12-13,22-23H,3,6-7,9-10H2,1-2H3,(H,18,24). The summed E-state index contributed by atoms with van der Waals surface area (Å²) >= 11 is 0. The van der Waals surface area contributed by atoms with Gasteiger partial charge < -0.3 is 25.0 Å². The van der Waals surface area contributed by atoms with Crippen molar-refractivity contribution in [3.05, 3.63) is 23.8 Å². The molecule has 7 heteroatoms. The molecule has 0 aliphatic carbocycles. The molecule has 3 N–H and O–H groups in total. The fourth-order valence-corrected chi connectivity index (χ4v) is 3.08. The second-order valence-corrected chi connectivity index (χ2v) is 6.32. The molecule has 7 nitrogen and oxygen atoms in total. The number of benzene rings is 1. The molecule has 0 spiro atoms. The molecule has 2 heterocycles. The molecule has 2 aromatic rings. The van der Waals surface area contributed by atoms with Crippen molar-refractivity contribution in [2.24, 2.45) is 7.05 Å². The van der Waals surface area contributed by atoms with Crippen molar-refractivity contribution >= 4 is 22.9 Å². The number of rotatable bonds is 5. The van der Waals surface area contributed by atoms with E-state index in [9.17, 15) is 15.0 Å². The van der Waals surface area contributed by atoms with Crippen molar-refractivity contribution in [2.75, 3.05) is 24.6 Å². The number of amides is 1. The Bertz CT molecular complexity index is 739. The van der Waals surface area contributed by atoms with E-state index in [1.807, 2.05) is 24.6 Å². The average molecular weight is 332 g/mol. The molecule has 1 aromatic carbocycles. The van der Waals surface area contributed by atoms with E-state index in [-0.39, 0.29) is 24.7 Å². The van der Waals surface area contributed by atoms with Gasteiger partial charge in [-0.2, -0.15) is 0 Å². The van der Waals surface area contributed by atoms with Crippen LogP contribution in [-0.2, 0) is 7.05 Å². The number of anilines is 1. The third-order valence-corrected chi connectivity index (χ3v) is 4.61. The Hall–Kier alpha value is -2.12. The Morgan fingerprint density at radius 2 is 2.29 bits per heavy atom. The van der Waals surface area contributed by atoms with Crippen LogP contribution < -0.4 is 10.2 Å². The molecule has 130 valence electrons. The van der Waals surface area contributed by atoms with Gasteiger partial charge >= 0.3 is 0 Å². The monoisotopic (exact) mass is 332 g/mol. The average Bonchev–Trinajstić information content (AvgIpc) is 3.15.